The predicted molar refractivity (Wildman–Crippen MR) is 148 cm³/mol. The largest absolute Gasteiger partial charge is 0.426 e. The first-order chi connectivity index (χ1) is 28.8. The third-order valence-corrected chi connectivity index (χ3v) is 7.73. The lowest BCUT2D eigenvalue weighted by molar-refractivity contribution is -0.458. The lowest BCUT2D eigenvalue weighted by Crippen LogP contribution is -2.76. The molecule has 0 saturated carbocycles. The molecule has 0 fully saturated rings. The summed E-state index contributed by atoms with van der Waals surface area (Å²) in [6, 6.07) is -27.5. The third-order valence-electron chi connectivity index (χ3n) is 7.73. The minimum atomic E-state index is -9.30. The van der Waals surface area contributed by atoms with Crippen molar-refractivity contribution < 1.29 is 146 Å². The van der Waals surface area contributed by atoms with Gasteiger partial charge in [0.15, 0.2) is 0 Å². The highest BCUT2D eigenvalue weighted by molar-refractivity contribution is 5.11. The second-order valence-electron chi connectivity index (χ2n) is 12.0. The Morgan fingerprint density at radius 2 is 0.455 bits per heavy atom. The Morgan fingerprint density at radius 1 is 0.303 bits per heavy atom. The second kappa shape index (κ2) is 16.9. The average molecular weight is 1050 g/mol. The summed E-state index contributed by atoms with van der Waals surface area (Å²) in [4.78, 5) is 37.7. The summed E-state index contributed by atoms with van der Waals surface area (Å²) in [5, 5.41) is 0. The van der Waals surface area contributed by atoms with Gasteiger partial charge in [0, 0.05) is 0 Å². The van der Waals surface area contributed by atoms with E-state index in [1.54, 1.807) is 0 Å². The Hall–Kier alpha value is -4.59. The first-order valence-electron chi connectivity index (χ1n) is 15.2. The van der Waals surface area contributed by atoms with Crippen molar-refractivity contribution in [3.63, 3.8) is 0 Å². The number of aromatic nitrogens is 3. The molecule has 384 valence electrons. The zero-order chi connectivity index (χ0) is 53.3. The van der Waals surface area contributed by atoms with Gasteiger partial charge < -0.3 is 14.2 Å². The highest BCUT2D eigenvalue weighted by Crippen LogP contribution is 2.61. The van der Waals surface area contributed by atoms with Crippen LogP contribution in [0.15, 0.2) is 52.3 Å². The number of ether oxygens (including phenoxy) is 3. The van der Waals surface area contributed by atoms with Crippen molar-refractivity contribution in [3.8, 4) is 0 Å². The van der Waals surface area contributed by atoms with E-state index in [2.05, 4.69) is 33.9 Å². The molecule has 1 aromatic rings. The van der Waals surface area contributed by atoms with E-state index in [1.165, 1.54) is 0 Å². The Labute approximate surface area is 339 Å². The van der Waals surface area contributed by atoms with Crippen LogP contribution in [0.4, 0.5) is 132 Å². The van der Waals surface area contributed by atoms with Crippen LogP contribution in [0.3, 0.4) is 0 Å². The van der Waals surface area contributed by atoms with Gasteiger partial charge in [-0.2, -0.15) is 145 Å². The summed E-state index contributed by atoms with van der Waals surface area (Å²) in [6.07, 6.45) is -22.8. The number of rotatable bonds is 24. The summed E-state index contributed by atoms with van der Waals surface area (Å²) in [7, 11) is 0. The van der Waals surface area contributed by atoms with Crippen LogP contribution < -0.4 is 17.1 Å². The molecule has 0 unspecified atom stereocenters. The highest BCUT2D eigenvalue weighted by atomic mass is 19.4. The molecule has 0 spiro atoms. The average Bonchev–Trinajstić information content (AvgIpc) is 3.13. The van der Waals surface area contributed by atoms with Crippen LogP contribution in [0.5, 0.6) is 0 Å². The van der Waals surface area contributed by atoms with Crippen LogP contribution in [0, 0.1) is 0 Å². The molecule has 1 aromatic heterocycles. The SMILES string of the molecule is C=CCOC(F)(F)C(F)(F)C(F)(F)C(F)(F)C(F)(F)n1c(=O)n(C(F)(F)C(F)(F)C(F)(F)C(F)(F)C(F)(F)OCC=C)c(=O)n(C(F)(F)C(F)(F)C(F)(F)C(F)(F)C(F)(F)OCC=C)c1=O. The molecule has 1 heterocycles. The summed E-state index contributed by atoms with van der Waals surface area (Å²) < 4.78 is 430. The van der Waals surface area contributed by atoms with Gasteiger partial charge in [0.2, 0.25) is 0 Å². The minimum absolute atomic E-state index is 0.185. The smallest absolute Gasteiger partial charge is 0.311 e. The van der Waals surface area contributed by atoms with Gasteiger partial charge in [-0.3, -0.25) is 0 Å². The maximum absolute atomic E-state index is 15.3. The van der Waals surface area contributed by atoms with E-state index in [9.17, 15) is 120 Å². The van der Waals surface area contributed by atoms with E-state index in [1.807, 2.05) is 0 Å². The Balaban J connectivity index is 5.02. The number of nitrogens with zero attached hydrogens (tertiary/aromatic N) is 3. The zero-order valence-electron chi connectivity index (χ0n) is 30.1. The van der Waals surface area contributed by atoms with E-state index in [0.717, 1.165) is 0 Å². The van der Waals surface area contributed by atoms with Gasteiger partial charge in [0.25, 0.3) is 0 Å². The van der Waals surface area contributed by atoms with Crippen LogP contribution >= 0.6 is 0 Å². The Kier molecular flexibility index (Phi) is 15.2. The molecule has 1 rings (SSSR count). The van der Waals surface area contributed by atoms with Crippen LogP contribution in [0.1, 0.15) is 0 Å². The number of alkyl halides is 30. The van der Waals surface area contributed by atoms with Crippen LogP contribution in [0.2, 0.25) is 0 Å². The Bertz CT molecular complexity index is 1900. The molecule has 0 bridgehead atoms. The lowest BCUT2D eigenvalue weighted by Gasteiger charge is -2.41. The van der Waals surface area contributed by atoms with Gasteiger partial charge in [0.1, 0.15) is 0 Å². The molecule has 66 heavy (non-hydrogen) atoms. The van der Waals surface area contributed by atoms with E-state index in [-0.39, 0.29) is 18.2 Å². The molecular weight excluding hydrogens is 1030 g/mol. The molecule has 0 amide bonds. The van der Waals surface area contributed by atoms with Crippen molar-refractivity contribution in [2.45, 2.75) is 89.8 Å². The van der Waals surface area contributed by atoms with Gasteiger partial charge in [-0.1, -0.05) is 18.2 Å². The molecule has 0 aliphatic heterocycles. The molecule has 0 aromatic carbocycles. The molecular formula is C27H15F30N3O6. The van der Waals surface area contributed by atoms with Crippen LogP contribution in [-0.4, -0.2) is 105 Å². The normalized spacial score (nSPS) is 15.5. The van der Waals surface area contributed by atoms with Crippen molar-refractivity contribution >= 4 is 0 Å². The predicted octanol–water partition coefficient (Wildman–Crippen LogP) is 8.92. The topological polar surface area (TPSA) is 93.7 Å². The quantitative estimate of drug-likeness (QED) is 0.0759. The van der Waals surface area contributed by atoms with Crippen molar-refractivity contribution in [1.29, 1.82) is 0 Å². The standard InChI is InChI=1S/C27H15F30N3O6/c1-4-7-64-25(52,53)19(40,41)13(28,29)16(34,35)22(46,47)58-10(61)59(23(48,49)17(36,37)14(30,31)20(42,43)26(54,55)65-8-5-2)12(63)60(11(58)62)24(50,51)18(38,39)15(32,33)21(44,45)27(56,57)66-9-6-3/h4-6H,1-3,7-9H2. The fraction of sp³-hybridized carbons (Fsp3) is 0.667. The van der Waals surface area contributed by atoms with E-state index in [4.69, 9.17) is 0 Å². The maximum Gasteiger partial charge on any atom is 0.426 e. The molecule has 9 nitrogen and oxygen atoms in total. The Morgan fingerprint density at radius 3 is 0.591 bits per heavy atom. The lowest BCUT2D eigenvalue weighted by atomic mass is 10.0. The molecule has 39 heteroatoms. The van der Waals surface area contributed by atoms with E-state index >= 15 is 26.3 Å². The molecule has 0 atom stereocenters. The van der Waals surface area contributed by atoms with Crippen molar-refractivity contribution in [1.82, 2.24) is 13.7 Å². The molecule has 0 saturated heterocycles. The summed E-state index contributed by atoms with van der Waals surface area (Å²) in [6.45, 7) is 0.419. The van der Waals surface area contributed by atoms with Crippen LogP contribution in [0.25, 0.3) is 0 Å². The van der Waals surface area contributed by atoms with Gasteiger partial charge in [-0.15, -0.1) is 19.7 Å². The second-order valence-corrected chi connectivity index (χ2v) is 12.0. The van der Waals surface area contributed by atoms with Crippen LogP contribution in [-0.2, 0) is 32.3 Å². The molecule has 0 N–H and O–H groups in total. The minimum Gasteiger partial charge on any atom is -0.311 e. The van der Waals surface area contributed by atoms with Crippen molar-refractivity contribution in [2.24, 2.45) is 0 Å². The third kappa shape index (κ3) is 7.88. The monoisotopic (exact) mass is 1050 g/mol. The van der Waals surface area contributed by atoms with Crippen molar-refractivity contribution in [2.75, 3.05) is 19.8 Å². The highest BCUT2D eigenvalue weighted by Gasteiger charge is 2.92. The van der Waals surface area contributed by atoms with E-state index in [0.29, 0.717) is 0 Å². The van der Waals surface area contributed by atoms with Gasteiger partial charge in [-0.25, -0.2) is 14.4 Å². The van der Waals surface area contributed by atoms with Gasteiger partial charge in [0.05, 0.1) is 19.8 Å². The van der Waals surface area contributed by atoms with Gasteiger partial charge >= 0.3 is 107 Å². The summed E-state index contributed by atoms with van der Waals surface area (Å²) in [5.41, 5.74) is -17.0. The summed E-state index contributed by atoms with van der Waals surface area (Å²) in [5.74, 6) is -80.5. The molecule has 0 aliphatic rings. The molecule has 0 radical (unpaired) electrons. The number of halogens is 30. The summed E-state index contributed by atoms with van der Waals surface area (Å²) >= 11 is 0. The fourth-order valence-electron chi connectivity index (χ4n) is 4.16. The zero-order valence-corrected chi connectivity index (χ0v) is 30.1. The first kappa shape index (κ1) is 59.4. The fourth-order valence-corrected chi connectivity index (χ4v) is 4.16. The van der Waals surface area contributed by atoms with Gasteiger partial charge in [-0.05, 0) is 0 Å². The van der Waals surface area contributed by atoms with Crippen molar-refractivity contribution in [3.05, 3.63) is 69.4 Å². The number of hydrogen-bond acceptors (Lipinski definition) is 6. The molecule has 0 aliphatic carbocycles. The van der Waals surface area contributed by atoms with E-state index < -0.39 is 140 Å². The number of hydrogen-bond donors (Lipinski definition) is 0. The maximum atomic E-state index is 15.3. The first-order valence-corrected chi connectivity index (χ1v) is 15.2.